The van der Waals surface area contributed by atoms with Gasteiger partial charge < -0.3 is 10.2 Å². The molecule has 1 aromatic heterocycles. The molecule has 2 aromatic rings. The number of pyridine rings is 1. The van der Waals surface area contributed by atoms with Gasteiger partial charge in [-0.05, 0) is 61.8 Å². The first-order chi connectivity index (χ1) is 16.2. The fourth-order valence-electron chi connectivity index (χ4n) is 4.95. The number of benzene rings is 1. The Balaban J connectivity index is 1.33. The number of hydrogen-bond donors (Lipinski definition) is 1. The van der Waals surface area contributed by atoms with Gasteiger partial charge in [0.2, 0.25) is 10.0 Å². The first kappa shape index (κ1) is 23.2. The molecule has 34 heavy (non-hydrogen) atoms. The average Bonchev–Trinajstić information content (AvgIpc) is 3.58. The van der Waals surface area contributed by atoms with Crippen molar-refractivity contribution in [2.45, 2.75) is 49.3 Å². The van der Waals surface area contributed by atoms with Gasteiger partial charge in [0.25, 0.3) is 11.8 Å². The number of nitrogens with one attached hydrogen (secondary N) is 1. The molecule has 2 aliphatic heterocycles. The van der Waals surface area contributed by atoms with Crippen molar-refractivity contribution in [1.29, 1.82) is 0 Å². The minimum atomic E-state index is -4.10. The van der Waals surface area contributed by atoms with E-state index in [-0.39, 0.29) is 35.9 Å². The number of hydrogen-bond acceptors (Lipinski definition) is 5. The van der Waals surface area contributed by atoms with Crippen LogP contribution >= 0.6 is 0 Å². The van der Waals surface area contributed by atoms with E-state index in [1.165, 1.54) is 31.0 Å². The molecule has 182 valence electrons. The molecule has 0 radical (unpaired) electrons. The lowest BCUT2D eigenvalue weighted by molar-refractivity contribution is -0.0434. The lowest BCUT2D eigenvalue weighted by atomic mass is 9.93. The third kappa shape index (κ3) is 4.65. The van der Waals surface area contributed by atoms with E-state index in [9.17, 15) is 22.0 Å². The maximum absolute atomic E-state index is 13.8. The Morgan fingerprint density at radius 2 is 1.79 bits per heavy atom. The zero-order valence-electron chi connectivity index (χ0n) is 18.8. The van der Waals surface area contributed by atoms with Gasteiger partial charge in [0, 0.05) is 37.9 Å². The topological polar surface area (TPSA) is 82.6 Å². The molecule has 1 spiro atoms. The van der Waals surface area contributed by atoms with Crippen LogP contribution in [-0.4, -0.2) is 55.7 Å². The number of carbonyl (C=O) groups is 1. The number of aromatic nitrogens is 1. The number of sulfonamides is 1. The standard InChI is InChI=1S/C24H28F2N4O3S/c25-24(26)6-2-12-30(17-24)34(32,33)19-4-1-3-18(15-19)28-22(31)20-5-11-27-16-21(20)29-13-9-23(7-8-23)10-14-29/h1,3-5,11,15-16H,2,6-10,12-14,17H2,(H,28,31). The van der Waals surface area contributed by atoms with E-state index in [1.807, 2.05) is 0 Å². The molecule has 1 aliphatic carbocycles. The minimum Gasteiger partial charge on any atom is -0.370 e. The van der Waals surface area contributed by atoms with Crippen molar-refractivity contribution in [1.82, 2.24) is 9.29 Å². The lowest BCUT2D eigenvalue weighted by Gasteiger charge is -2.34. The van der Waals surface area contributed by atoms with E-state index in [2.05, 4.69) is 15.2 Å². The number of alkyl halides is 2. The van der Waals surface area contributed by atoms with Gasteiger partial charge in [-0.2, -0.15) is 4.31 Å². The predicted octanol–water partition coefficient (Wildman–Crippen LogP) is 4.13. The highest BCUT2D eigenvalue weighted by Crippen LogP contribution is 2.54. The first-order valence-electron chi connectivity index (χ1n) is 11.7. The van der Waals surface area contributed by atoms with Crippen molar-refractivity contribution >= 4 is 27.3 Å². The Morgan fingerprint density at radius 3 is 2.50 bits per heavy atom. The van der Waals surface area contributed by atoms with Gasteiger partial charge in [-0.25, -0.2) is 17.2 Å². The molecule has 1 amide bonds. The number of anilines is 2. The van der Waals surface area contributed by atoms with Gasteiger partial charge >= 0.3 is 0 Å². The van der Waals surface area contributed by atoms with Crippen LogP contribution in [0.2, 0.25) is 0 Å². The Bertz CT molecular complexity index is 1190. The van der Waals surface area contributed by atoms with Crippen molar-refractivity contribution in [3.8, 4) is 0 Å². The summed E-state index contributed by atoms with van der Waals surface area (Å²) in [6, 6.07) is 7.41. The summed E-state index contributed by atoms with van der Waals surface area (Å²) in [4.78, 5) is 19.4. The van der Waals surface area contributed by atoms with Gasteiger partial charge in [0.05, 0.1) is 28.9 Å². The number of carbonyl (C=O) groups excluding carboxylic acids is 1. The highest BCUT2D eigenvalue weighted by molar-refractivity contribution is 7.89. The van der Waals surface area contributed by atoms with Crippen LogP contribution in [0.1, 0.15) is 48.9 Å². The van der Waals surface area contributed by atoms with Crippen LogP contribution in [0.3, 0.4) is 0 Å². The monoisotopic (exact) mass is 490 g/mol. The van der Waals surface area contributed by atoms with Crippen molar-refractivity contribution in [3.63, 3.8) is 0 Å². The molecule has 10 heteroatoms. The predicted molar refractivity (Wildman–Crippen MR) is 125 cm³/mol. The summed E-state index contributed by atoms with van der Waals surface area (Å²) in [7, 11) is -4.10. The third-order valence-corrected chi connectivity index (χ3v) is 9.10. The quantitative estimate of drug-likeness (QED) is 0.682. The van der Waals surface area contributed by atoms with Gasteiger partial charge in [0.15, 0.2) is 0 Å². The summed E-state index contributed by atoms with van der Waals surface area (Å²) in [6.45, 7) is 0.968. The fraction of sp³-hybridized carbons (Fsp3) is 0.500. The van der Waals surface area contributed by atoms with Crippen LogP contribution in [0.25, 0.3) is 0 Å². The highest BCUT2D eigenvalue weighted by Gasteiger charge is 2.44. The second-order valence-corrected chi connectivity index (χ2v) is 11.6. The minimum absolute atomic E-state index is 0.0476. The molecule has 0 atom stereocenters. The molecule has 3 fully saturated rings. The second-order valence-electron chi connectivity index (χ2n) is 9.66. The number of nitrogens with zero attached hydrogens (tertiary/aromatic N) is 3. The normalized spacial score (nSPS) is 21.9. The third-order valence-electron chi connectivity index (χ3n) is 7.25. The van der Waals surface area contributed by atoms with Crippen LogP contribution < -0.4 is 10.2 Å². The van der Waals surface area contributed by atoms with Crippen molar-refractivity contribution in [2.24, 2.45) is 5.41 Å². The van der Waals surface area contributed by atoms with E-state index in [4.69, 9.17) is 0 Å². The number of amides is 1. The molecule has 3 aliphatic rings. The summed E-state index contributed by atoms with van der Waals surface area (Å²) in [5.74, 6) is -3.41. The number of halogens is 2. The largest absolute Gasteiger partial charge is 0.370 e. The molecule has 1 saturated carbocycles. The smallest absolute Gasteiger partial charge is 0.261 e. The van der Waals surface area contributed by atoms with Gasteiger partial charge in [-0.3, -0.25) is 9.78 Å². The lowest BCUT2D eigenvalue weighted by Crippen LogP contribution is -2.45. The van der Waals surface area contributed by atoms with E-state index < -0.39 is 22.5 Å². The zero-order chi connectivity index (χ0) is 24.0. The molecular weight excluding hydrogens is 462 g/mol. The Kier molecular flexibility index (Phi) is 5.84. The number of piperidine rings is 2. The van der Waals surface area contributed by atoms with Crippen LogP contribution in [0.5, 0.6) is 0 Å². The fourth-order valence-corrected chi connectivity index (χ4v) is 6.50. The van der Waals surface area contributed by atoms with E-state index in [0.29, 0.717) is 11.0 Å². The molecule has 3 heterocycles. The van der Waals surface area contributed by atoms with E-state index >= 15 is 0 Å². The van der Waals surface area contributed by atoms with Crippen molar-refractivity contribution in [2.75, 3.05) is 36.4 Å². The molecule has 1 N–H and O–H groups in total. The van der Waals surface area contributed by atoms with Crippen LogP contribution in [0.15, 0.2) is 47.6 Å². The van der Waals surface area contributed by atoms with Gasteiger partial charge in [-0.1, -0.05) is 6.07 Å². The number of rotatable bonds is 5. The van der Waals surface area contributed by atoms with Gasteiger partial charge in [0.1, 0.15) is 0 Å². The Morgan fingerprint density at radius 1 is 1.03 bits per heavy atom. The molecule has 0 unspecified atom stereocenters. The highest BCUT2D eigenvalue weighted by atomic mass is 32.2. The van der Waals surface area contributed by atoms with E-state index in [0.717, 1.165) is 35.9 Å². The van der Waals surface area contributed by atoms with Gasteiger partial charge in [-0.15, -0.1) is 0 Å². The van der Waals surface area contributed by atoms with E-state index in [1.54, 1.807) is 24.5 Å². The molecular formula is C24H28F2N4O3S. The molecule has 5 rings (SSSR count). The van der Waals surface area contributed by atoms with Crippen molar-refractivity contribution < 1.29 is 22.0 Å². The summed E-state index contributed by atoms with van der Waals surface area (Å²) >= 11 is 0. The Labute approximate surface area is 198 Å². The second kappa shape index (κ2) is 8.57. The van der Waals surface area contributed by atoms with Crippen LogP contribution in [-0.2, 0) is 10.0 Å². The first-order valence-corrected chi connectivity index (χ1v) is 13.1. The Hall–Kier alpha value is -2.59. The molecule has 0 bridgehead atoms. The summed E-state index contributed by atoms with van der Waals surface area (Å²) in [6.07, 6.45) is 7.83. The summed E-state index contributed by atoms with van der Waals surface area (Å²) in [5, 5.41) is 2.77. The zero-order valence-corrected chi connectivity index (χ0v) is 19.7. The molecule has 7 nitrogen and oxygen atoms in total. The maximum atomic E-state index is 13.8. The summed E-state index contributed by atoms with van der Waals surface area (Å²) < 4.78 is 54.4. The average molecular weight is 491 g/mol. The maximum Gasteiger partial charge on any atom is 0.261 e. The van der Waals surface area contributed by atoms with Crippen molar-refractivity contribution in [3.05, 3.63) is 48.3 Å². The summed E-state index contributed by atoms with van der Waals surface area (Å²) in [5.41, 5.74) is 2.01. The molecule has 1 aromatic carbocycles. The SMILES string of the molecule is O=C(Nc1cccc(S(=O)(=O)N2CCCC(F)(F)C2)c1)c1ccncc1N1CCC2(CC1)CC2. The molecule has 2 saturated heterocycles. The van der Waals surface area contributed by atoms with Crippen LogP contribution in [0, 0.1) is 5.41 Å². The van der Waals surface area contributed by atoms with Crippen LogP contribution in [0.4, 0.5) is 20.2 Å².